The lowest BCUT2D eigenvalue weighted by Crippen LogP contribution is -2.33. The predicted octanol–water partition coefficient (Wildman–Crippen LogP) is 1.69. The number of nitrogens with one attached hydrogen (secondary N) is 2. The number of nitrogens with zero attached hydrogens (tertiary/aromatic N) is 1. The maximum atomic E-state index is 11.5. The number of benzene rings is 1. The molecule has 0 aliphatic heterocycles. The summed E-state index contributed by atoms with van der Waals surface area (Å²) in [6.07, 6.45) is 1.72. The third kappa shape index (κ3) is 3.38. The summed E-state index contributed by atoms with van der Waals surface area (Å²) in [5, 5.41) is 6.71. The van der Waals surface area contributed by atoms with Gasteiger partial charge in [-0.2, -0.15) is 0 Å². The summed E-state index contributed by atoms with van der Waals surface area (Å²) in [5.41, 5.74) is 0.983. The van der Waals surface area contributed by atoms with Gasteiger partial charge in [-0.15, -0.1) is 17.9 Å². The lowest BCUT2D eigenvalue weighted by Gasteiger charge is -2.02. The first kappa shape index (κ1) is 12.7. The Hall–Kier alpha value is -1.72. The molecular weight excluding hydrogens is 246 g/mol. The van der Waals surface area contributed by atoms with Gasteiger partial charge in [-0.1, -0.05) is 18.2 Å². The fourth-order valence-corrected chi connectivity index (χ4v) is 2.43. The van der Waals surface area contributed by atoms with Crippen molar-refractivity contribution in [3.05, 3.63) is 41.9 Å². The predicted molar refractivity (Wildman–Crippen MR) is 74.5 cm³/mol. The van der Waals surface area contributed by atoms with Crippen molar-refractivity contribution >= 4 is 27.5 Å². The van der Waals surface area contributed by atoms with Crippen LogP contribution in [0.3, 0.4) is 0 Å². The SMILES string of the molecule is C=CCNCC(=O)NCc1nc2ccccc2s1. The molecule has 2 aromatic rings. The second-order valence-electron chi connectivity index (χ2n) is 3.77. The first-order valence-corrected chi connectivity index (χ1v) is 6.54. The lowest BCUT2D eigenvalue weighted by molar-refractivity contribution is -0.120. The second kappa shape index (κ2) is 6.28. The van der Waals surface area contributed by atoms with Crippen LogP contribution in [0, 0.1) is 0 Å². The Morgan fingerprint density at radius 3 is 3.06 bits per heavy atom. The van der Waals surface area contributed by atoms with E-state index in [0.29, 0.717) is 19.6 Å². The zero-order valence-corrected chi connectivity index (χ0v) is 10.8. The number of thiazole rings is 1. The summed E-state index contributed by atoms with van der Waals surface area (Å²) in [4.78, 5) is 15.9. The van der Waals surface area contributed by atoms with Crippen LogP contribution in [0.1, 0.15) is 5.01 Å². The first-order chi connectivity index (χ1) is 8.79. The van der Waals surface area contributed by atoms with Crippen molar-refractivity contribution in [2.75, 3.05) is 13.1 Å². The van der Waals surface area contributed by atoms with E-state index in [0.717, 1.165) is 15.2 Å². The van der Waals surface area contributed by atoms with Gasteiger partial charge in [-0.25, -0.2) is 4.98 Å². The van der Waals surface area contributed by atoms with Crippen molar-refractivity contribution in [2.45, 2.75) is 6.54 Å². The molecule has 0 fully saturated rings. The van der Waals surface area contributed by atoms with Crippen LogP contribution in [0.2, 0.25) is 0 Å². The van der Waals surface area contributed by atoms with E-state index in [9.17, 15) is 4.79 Å². The molecule has 2 N–H and O–H groups in total. The molecule has 18 heavy (non-hydrogen) atoms. The van der Waals surface area contributed by atoms with Gasteiger partial charge in [0.1, 0.15) is 5.01 Å². The highest BCUT2D eigenvalue weighted by Crippen LogP contribution is 2.21. The molecule has 94 valence electrons. The van der Waals surface area contributed by atoms with Gasteiger partial charge in [0.2, 0.25) is 5.91 Å². The number of amides is 1. The van der Waals surface area contributed by atoms with E-state index >= 15 is 0 Å². The maximum absolute atomic E-state index is 11.5. The number of carbonyl (C=O) groups is 1. The molecule has 0 bridgehead atoms. The van der Waals surface area contributed by atoms with Crippen molar-refractivity contribution in [3.63, 3.8) is 0 Å². The molecule has 0 radical (unpaired) electrons. The first-order valence-electron chi connectivity index (χ1n) is 5.72. The summed E-state index contributed by atoms with van der Waals surface area (Å²) in [5.74, 6) is -0.0314. The Balaban J connectivity index is 1.86. The zero-order valence-electron chi connectivity index (χ0n) is 9.98. The van der Waals surface area contributed by atoms with E-state index in [1.165, 1.54) is 0 Å². The standard InChI is InChI=1S/C13H15N3OS/c1-2-7-14-8-12(17)15-9-13-16-10-5-3-4-6-11(10)18-13/h2-6,14H,1,7-9H2,(H,15,17). The highest BCUT2D eigenvalue weighted by molar-refractivity contribution is 7.18. The van der Waals surface area contributed by atoms with Crippen LogP contribution in [-0.2, 0) is 11.3 Å². The smallest absolute Gasteiger partial charge is 0.234 e. The molecule has 0 unspecified atom stereocenters. The van der Waals surface area contributed by atoms with Crippen molar-refractivity contribution < 1.29 is 4.79 Å². The van der Waals surface area contributed by atoms with E-state index in [1.54, 1.807) is 17.4 Å². The third-order valence-electron chi connectivity index (χ3n) is 2.35. The van der Waals surface area contributed by atoms with E-state index < -0.39 is 0 Å². The van der Waals surface area contributed by atoms with Crippen LogP contribution in [0.25, 0.3) is 10.2 Å². The molecule has 0 saturated heterocycles. The van der Waals surface area contributed by atoms with E-state index in [4.69, 9.17) is 0 Å². The van der Waals surface area contributed by atoms with E-state index in [1.807, 2.05) is 24.3 Å². The molecule has 1 amide bonds. The lowest BCUT2D eigenvalue weighted by atomic mass is 10.3. The maximum Gasteiger partial charge on any atom is 0.234 e. The Morgan fingerprint density at radius 1 is 1.44 bits per heavy atom. The monoisotopic (exact) mass is 261 g/mol. The summed E-state index contributed by atoms with van der Waals surface area (Å²) in [6.45, 7) is 4.99. The number of rotatable bonds is 6. The molecular formula is C13H15N3OS. The van der Waals surface area contributed by atoms with Gasteiger partial charge < -0.3 is 10.6 Å². The minimum Gasteiger partial charge on any atom is -0.348 e. The number of aromatic nitrogens is 1. The average molecular weight is 261 g/mol. The second-order valence-corrected chi connectivity index (χ2v) is 4.89. The molecule has 1 aromatic carbocycles. The fourth-order valence-electron chi connectivity index (χ4n) is 1.52. The van der Waals surface area contributed by atoms with Crippen LogP contribution in [-0.4, -0.2) is 24.0 Å². The van der Waals surface area contributed by atoms with E-state index in [-0.39, 0.29) is 5.91 Å². The molecule has 0 spiro atoms. The largest absolute Gasteiger partial charge is 0.348 e. The normalized spacial score (nSPS) is 10.4. The van der Waals surface area contributed by atoms with Crippen LogP contribution in [0.4, 0.5) is 0 Å². The van der Waals surface area contributed by atoms with Gasteiger partial charge >= 0.3 is 0 Å². The van der Waals surface area contributed by atoms with Crippen LogP contribution in [0.5, 0.6) is 0 Å². The van der Waals surface area contributed by atoms with Gasteiger partial charge in [0.05, 0.1) is 23.3 Å². The Bertz CT molecular complexity index is 517. The molecule has 0 atom stereocenters. The molecule has 0 aliphatic rings. The van der Waals surface area contributed by atoms with Crippen molar-refractivity contribution in [1.29, 1.82) is 0 Å². The molecule has 0 aliphatic carbocycles. The number of hydrogen-bond acceptors (Lipinski definition) is 4. The number of para-hydroxylation sites is 1. The van der Waals surface area contributed by atoms with Gasteiger partial charge in [-0.05, 0) is 12.1 Å². The number of hydrogen-bond donors (Lipinski definition) is 2. The van der Waals surface area contributed by atoms with Crippen LogP contribution >= 0.6 is 11.3 Å². The number of carbonyl (C=O) groups excluding carboxylic acids is 1. The topological polar surface area (TPSA) is 54.0 Å². The number of fused-ring (bicyclic) bond motifs is 1. The Labute approximate surface area is 110 Å². The summed E-state index contributed by atoms with van der Waals surface area (Å²) in [6, 6.07) is 7.96. The minimum absolute atomic E-state index is 0.0314. The van der Waals surface area contributed by atoms with Gasteiger partial charge in [-0.3, -0.25) is 4.79 Å². The van der Waals surface area contributed by atoms with Gasteiger partial charge in [0.25, 0.3) is 0 Å². The van der Waals surface area contributed by atoms with E-state index in [2.05, 4.69) is 22.2 Å². The molecule has 5 heteroatoms. The summed E-state index contributed by atoms with van der Waals surface area (Å²) in [7, 11) is 0. The van der Waals surface area contributed by atoms with Crippen molar-refractivity contribution in [1.82, 2.24) is 15.6 Å². The molecule has 1 aromatic heterocycles. The van der Waals surface area contributed by atoms with Crippen LogP contribution < -0.4 is 10.6 Å². The molecule has 1 heterocycles. The fraction of sp³-hybridized carbons (Fsp3) is 0.231. The average Bonchev–Trinajstić information content (AvgIpc) is 2.79. The minimum atomic E-state index is -0.0314. The van der Waals surface area contributed by atoms with Gasteiger partial charge in [0, 0.05) is 6.54 Å². The van der Waals surface area contributed by atoms with Gasteiger partial charge in [0.15, 0.2) is 0 Å². The third-order valence-corrected chi connectivity index (χ3v) is 3.39. The quantitative estimate of drug-likeness (QED) is 0.614. The van der Waals surface area contributed by atoms with Crippen molar-refractivity contribution in [2.24, 2.45) is 0 Å². The summed E-state index contributed by atoms with van der Waals surface area (Å²) < 4.78 is 1.14. The zero-order chi connectivity index (χ0) is 12.8. The Kier molecular flexibility index (Phi) is 4.44. The highest BCUT2D eigenvalue weighted by atomic mass is 32.1. The summed E-state index contributed by atoms with van der Waals surface area (Å²) >= 11 is 1.61. The Morgan fingerprint density at radius 2 is 2.28 bits per heavy atom. The van der Waals surface area contributed by atoms with Crippen LogP contribution in [0.15, 0.2) is 36.9 Å². The molecule has 4 nitrogen and oxygen atoms in total. The highest BCUT2D eigenvalue weighted by Gasteiger charge is 2.04. The van der Waals surface area contributed by atoms with Crippen molar-refractivity contribution in [3.8, 4) is 0 Å². The molecule has 2 rings (SSSR count). The molecule has 0 saturated carbocycles.